The van der Waals surface area contributed by atoms with E-state index in [1.807, 2.05) is 0 Å². The molecule has 5 nitrogen and oxygen atoms in total. The second-order valence-corrected chi connectivity index (χ2v) is 7.41. The molecule has 6 heteroatoms. The van der Waals surface area contributed by atoms with Crippen LogP contribution in [-0.4, -0.2) is 85.7 Å². The zero-order chi connectivity index (χ0) is 14.4. The topological polar surface area (TPSA) is 34.2 Å². The Labute approximate surface area is 136 Å². The van der Waals surface area contributed by atoms with Crippen LogP contribution in [0.3, 0.4) is 0 Å². The smallest absolute Gasteiger partial charge is 0.106 e. The van der Waals surface area contributed by atoms with Gasteiger partial charge in [-0.1, -0.05) is 22.6 Å². The van der Waals surface area contributed by atoms with Gasteiger partial charge in [-0.15, -0.1) is 0 Å². The summed E-state index contributed by atoms with van der Waals surface area (Å²) in [4.78, 5) is 4.78. The number of halogens is 1. The molecule has 118 valence electrons. The highest BCUT2D eigenvalue weighted by Crippen LogP contribution is 2.19. The molecule has 2 aliphatic rings. The van der Waals surface area contributed by atoms with Gasteiger partial charge in [-0.05, 0) is 20.4 Å². The summed E-state index contributed by atoms with van der Waals surface area (Å²) in [5.41, 5.74) is 0. The Morgan fingerprint density at radius 1 is 1.35 bits per heavy atom. The lowest BCUT2D eigenvalue weighted by atomic mass is 10.2. The van der Waals surface area contributed by atoms with E-state index in [2.05, 4.69) is 46.4 Å². The lowest BCUT2D eigenvalue weighted by Gasteiger charge is -2.26. The number of nitrogens with zero attached hydrogens (tertiary/aromatic N) is 2. The van der Waals surface area contributed by atoms with Gasteiger partial charge in [0.15, 0.2) is 0 Å². The predicted octanol–water partition coefficient (Wildman–Crippen LogP) is 1.21. The zero-order valence-corrected chi connectivity index (χ0v) is 14.8. The molecule has 2 saturated heterocycles. The molecule has 0 bridgehead atoms. The third-order valence-electron chi connectivity index (χ3n) is 4.03. The summed E-state index contributed by atoms with van der Waals surface area (Å²) < 4.78 is 17.4. The van der Waals surface area contributed by atoms with Gasteiger partial charge in [0.05, 0.1) is 32.5 Å². The maximum absolute atomic E-state index is 6.03. The van der Waals surface area contributed by atoms with Crippen molar-refractivity contribution in [2.75, 3.05) is 59.7 Å². The minimum absolute atomic E-state index is 0.280. The third-order valence-corrected chi connectivity index (χ3v) is 4.39. The Morgan fingerprint density at radius 2 is 2.10 bits per heavy atom. The molecule has 0 radical (unpaired) electrons. The van der Waals surface area contributed by atoms with E-state index in [0.717, 1.165) is 59.0 Å². The first-order valence-corrected chi connectivity index (χ1v) is 8.77. The number of likely N-dealkylation sites (tertiary alicyclic amines) is 1. The first kappa shape index (κ1) is 16.9. The lowest BCUT2D eigenvalue weighted by Crippen LogP contribution is -2.38. The van der Waals surface area contributed by atoms with E-state index in [0.29, 0.717) is 12.1 Å². The average molecular weight is 398 g/mol. The molecular formula is C14H27IN2O3. The second kappa shape index (κ2) is 8.85. The van der Waals surface area contributed by atoms with Crippen molar-refractivity contribution in [3.63, 3.8) is 0 Å². The van der Waals surface area contributed by atoms with Crippen LogP contribution >= 0.6 is 22.6 Å². The Morgan fingerprint density at radius 3 is 2.80 bits per heavy atom. The minimum atomic E-state index is 0.280. The van der Waals surface area contributed by atoms with E-state index in [1.54, 1.807) is 0 Å². The number of hydrogen-bond acceptors (Lipinski definition) is 5. The monoisotopic (exact) mass is 398 g/mol. The molecular weight excluding hydrogens is 371 g/mol. The minimum Gasteiger partial charge on any atom is -0.379 e. The Balaban J connectivity index is 1.59. The summed E-state index contributed by atoms with van der Waals surface area (Å²) in [6, 6.07) is 0.501. The normalized spacial score (nSPS) is 30.8. The number of hydrogen-bond donors (Lipinski definition) is 0. The van der Waals surface area contributed by atoms with Crippen molar-refractivity contribution in [2.45, 2.75) is 29.6 Å². The van der Waals surface area contributed by atoms with Gasteiger partial charge in [0.2, 0.25) is 0 Å². The molecule has 0 aromatic heterocycles. The SMILES string of the molecule is C[C@@H](I)OCC1CC(OCCN2CCOCC2)CN1C. The standard InChI is InChI=1S/C14H27IN2O3/c1-12(15)20-11-13-9-14(10-16(13)2)19-8-5-17-3-6-18-7-4-17/h12-14H,3-11H2,1-2H3/t12-,13?,14?/m0/s1. The highest BCUT2D eigenvalue weighted by molar-refractivity contribution is 14.1. The van der Waals surface area contributed by atoms with Crippen molar-refractivity contribution >= 4 is 22.6 Å². The van der Waals surface area contributed by atoms with Crippen LogP contribution < -0.4 is 0 Å². The van der Waals surface area contributed by atoms with Crippen LogP contribution in [-0.2, 0) is 14.2 Å². The highest BCUT2D eigenvalue weighted by Gasteiger charge is 2.30. The van der Waals surface area contributed by atoms with Crippen molar-refractivity contribution < 1.29 is 14.2 Å². The van der Waals surface area contributed by atoms with Gasteiger partial charge in [-0.2, -0.15) is 0 Å². The molecule has 2 aliphatic heterocycles. The number of morpholine rings is 1. The number of ether oxygens (including phenoxy) is 3. The summed E-state index contributed by atoms with van der Waals surface area (Å²) >= 11 is 2.30. The van der Waals surface area contributed by atoms with Gasteiger partial charge in [0, 0.05) is 32.2 Å². The van der Waals surface area contributed by atoms with E-state index in [9.17, 15) is 0 Å². The maximum Gasteiger partial charge on any atom is 0.106 e. The summed E-state index contributed by atoms with van der Waals surface area (Å²) in [6.07, 6.45) is 1.45. The largest absolute Gasteiger partial charge is 0.379 e. The van der Waals surface area contributed by atoms with Crippen LogP contribution in [0.1, 0.15) is 13.3 Å². The fraction of sp³-hybridized carbons (Fsp3) is 1.00. The first-order valence-electron chi connectivity index (χ1n) is 7.52. The number of likely N-dealkylation sites (N-methyl/N-ethyl adjacent to an activating group) is 1. The lowest BCUT2D eigenvalue weighted by molar-refractivity contribution is 0.00429. The molecule has 2 unspecified atom stereocenters. The molecule has 2 fully saturated rings. The quantitative estimate of drug-likeness (QED) is 0.476. The van der Waals surface area contributed by atoms with Crippen molar-refractivity contribution in [2.24, 2.45) is 0 Å². The number of rotatable bonds is 7. The van der Waals surface area contributed by atoms with Crippen LogP contribution in [0.4, 0.5) is 0 Å². The molecule has 0 N–H and O–H groups in total. The van der Waals surface area contributed by atoms with Gasteiger partial charge in [0.1, 0.15) is 4.11 Å². The molecule has 2 heterocycles. The van der Waals surface area contributed by atoms with Crippen LogP contribution in [0.15, 0.2) is 0 Å². The molecule has 0 aliphatic carbocycles. The van der Waals surface area contributed by atoms with E-state index < -0.39 is 0 Å². The predicted molar refractivity (Wildman–Crippen MR) is 87.5 cm³/mol. The Hall–Kier alpha value is 0.530. The van der Waals surface area contributed by atoms with Gasteiger partial charge in [-0.3, -0.25) is 9.80 Å². The van der Waals surface area contributed by atoms with Gasteiger partial charge in [0.25, 0.3) is 0 Å². The van der Waals surface area contributed by atoms with Crippen molar-refractivity contribution in [1.29, 1.82) is 0 Å². The van der Waals surface area contributed by atoms with Crippen molar-refractivity contribution in [1.82, 2.24) is 9.80 Å². The molecule has 2 rings (SSSR count). The number of alkyl halides is 1. The zero-order valence-electron chi connectivity index (χ0n) is 12.6. The second-order valence-electron chi connectivity index (χ2n) is 5.65. The van der Waals surface area contributed by atoms with E-state index >= 15 is 0 Å². The Kier molecular flexibility index (Phi) is 7.47. The van der Waals surface area contributed by atoms with Crippen LogP contribution in [0, 0.1) is 0 Å². The van der Waals surface area contributed by atoms with Crippen molar-refractivity contribution in [3.05, 3.63) is 0 Å². The fourth-order valence-corrected chi connectivity index (χ4v) is 2.97. The fourth-order valence-electron chi connectivity index (χ4n) is 2.76. The van der Waals surface area contributed by atoms with Crippen molar-refractivity contribution in [3.8, 4) is 0 Å². The van der Waals surface area contributed by atoms with Gasteiger partial charge >= 0.3 is 0 Å². The van der Waals surface area contributed by atoms with Gasteiger partial charge in [-0.25, -0.2) is 0 Å². The Bertz CT molecular complexity index is 275. The third kappa shape index (κ3) is 5.73. The maximum atomic E-state index is 6.03. The molecule has 0 spiro atoms. The van der Waals surface area contributed by atoms with Gasteiger partial charge < -0.3 is 14.2 Å². The molecule has 0 saturated carbocycles. The highest BCUT2D eigenvalue weighted by atomic mass is 127. The molecule has 20 heavy (non-hydrogen) atoms. The van der Waals surface area contributed by atoms with E-state index in [4.69, 9.17) is 14.2 Å². The first-order chi connectivity index (χ1) is 9.65. The average Bonchev–Trinajstić information content (AvgIpc) is 2.78. The van der Waals surface area contributed by atoms with E-state index in [-0.39, 0.29) is 4.11 Å². The summed E-state index contributed by atoms with van der Waals surface area (Å²) in [5, 5.41) is 0. The molecule has 0 aromatic rings. The molecule has 3 atom stereocenters. The molecule has 0 amide bonds. The van der Waals surface area contributed by atoms with E-state index in [1.165, 1.54) is 0 Å². The summed E-state index contributed by atoms with van der Waals surface area (Å²) in [7, 11) is 2.16. The van der Waals surface area contributed by atoms with Crippen LogP contribution in [0.2, 0.25) is 0 Å². The summed E-state index contributed by atoms with van der Waals surface area (Å²) in [5.74, 6) is 0. The molecule has 0 aromatic carbocycles. The van der Waals surface area contributed by atoms with Crippen LogP contribution in [0.25, 0.3) is 0 Å². The summed E-state index contributed by atoms with van der Waals surface area (Å²) in [6.45, 7) is 9.56. The van der Waals surface area contributed by atoms with Crippen LogP contribution in [0.5, 0.6) is 0 Å².